The van der Waals surface area contributed by atoms with E-state index in [1.807, 2.05) is 55.5 Å². The van der Waals surface area contributed by atoms with E-state index >= 15 is 0 Å². The smallest absolute Gasteiger partial charge is 0.228 e. The number of aryl methyl sites for hydroxylation is 1. The molecule has 2 aromatic rings. The van der Waals surface area contributed by atoms with Crippen molar-refractivity contribution in [2.24, 2.45) is 0 Å². The van der Waals surface area contributed by atoms with Gasteiger partial charge in [0.05, 0.1) is 12.5 Å². The van der Waals surface area contributed by atoms with Gasteiger partial charge in [0.15, 0.2) is 0 Å². The lowest BCUT2D eigenvalue weighted by molar-refractivity contribution is -0.115. The minimum atomic E-state index is 0.00404. The molecule has 1 aliphatic rings. The summed E-state index contributed by atoms with van der Waals surface area (Å²) in [6.07, 6.45) is 2.99. The van der Waals surface area contributed by atoms with Crippen molar-refractivity contribution < 1.29 is 9.53 Å². The van der Waals surface area contributed by atoms with Crippen LogP contribution in [0.3, 0.4) is 0 Å². The summed E-state index contributed by atoms with van der Waals surface area (Å²) in [6, 6.07) is 15.8. The Kier molecular flexibility index (Phi) is 5.49. The van der Waals surface area contributed by atoms with Gasteiger partial charge in [0.1, 0.15) is 0 Å². The van der Waals surface area contributed by atoms with Gasteiger partial charge in [-0.25, -0.2) is 0 Å². The molecule has 1 saturated heterocycles. The standard InChI is InChI=1S/C20H24N2O2/c1-15-5-2-3-6-16(15)13-20(23)22-18-10-8-17(9-11-18)21-14-19-7-4-12-24-19/h2-3,5-6,8-11,19,21H,4,7,12-14H2,1H3,(H,22,23). The molecule has 1 aliphatic heterocycles. The SMILES string of the molecule is Cc1ccccc1CC(=O)Nc1ccc(NCC2CCCO2)cc1. The minimum absolute atomic E-state index is 0.00404. The number of ether oxygens (including phenoxy) is 1. The first-order valence-electron chi connectivity index (χ1n) is 8.50. The van der Waals surface area contributed by atoms with Crippen LogP contribution in [0.5, 0.6) is 0 Å². The van der Waals surface area contributed by atoms with Gasteiger partial charge in [0, 0.05) is 24.5 Å². The Balaban J connectivity index is 1.50. The Bertz CT molecular complexity index is 676. The summed E-state index contributed by atoms with van der Waals surface area (Å²) in [5.41, 5.74) is 4.06. The van der Waals surface area contributed by atoms with Gasteiger partial charge >= 0.3 is 0 Å². The molecule has 1 atom stereocenters. The Morgan fingerprint density at radius 3 is 2.58 bits per heavy atom. The van der Waals surface area contributed by atoms with Crippen LogP contribution in [0.25, 0.3) is 0 Å². The first-order chi connectivity index (χ1) is 11.7. The number of anilines is 2. The van der Waals surface area contributed by atoms with E-state index in [9.17, 15) is 4.79 Å². The van der Waals surface area contributed by atoms with Gasteiger partial charge in [-0.2, -0.15) is 0 Å². The van der Waals surface area contributed by atoms with Crippen molar-refractivity contribution in [2.75, 3.05) is 23.8 Å². The van der Waals surface area contributed by atoms with Crippen LogP contribution in [0.4, 0.5) is 11.4 Å². The molecule has 0 saturated carbocycles. The maximum atomic E-state index is 12.2. The average Bonchev–Trinajstić information content (AvgIpc) is 3.10. The second-order valence-corrected chi connectivity index (χ2v) is 6.24. The maximum Gasteiger partial charge on any atom is 0.228 e. The van der Waals surface area contributed by atoms with E-state index in [1.54, 1.807) is 0 Å². The van der Waals surface area contributed by atoms with Gasteiger partial charge in [-0.15, -0.1) is 0 Å². The average molecular weight is 324 g/mol. The molecule has 1 heterocycles. The van der Waals surface area contributed by atoms with Crippen LogP contribution >= 0.6 is 0 Å². The third-order valence-corrected chi connectivity index (χ3v) is 4.34. The minimum Gasteiger partial charge on any atom is -0.382 e. The number of carbonyl (C=O) groups is 1. The van der Waals surface area contributed by atoms with E-state index in [0.717, 1.165) is 48.5 Å². The molecule has 3 rings (SSSR count). The molecule has 1 fully saturated rings. The fourth-order valence-corrected chi connectivity index (χ4v) is 2.90. The topological polar surface area (TPSA) is 50.4 Å². The van der Waals surface area contributed by atoms with Crippen molar-refractivity contribution in [3.8, 4) is 0 Å². The van der Waals surface area contributed by atoms with Gasteiger partial charge < -0.3 is 15.4 Å². The highest BCUT2D eigenvalue weighted by Crippen LogP contribution is 2.17. The molecule has 1 unspecified atom stereocenters. The van der Waals surface area contributed by atoms with Crippen molar-refractivity contribution in [1.29, 1.82) is 0 Å². The zero-order chi connectivity index (χ0) is 16.8. The summed E-state index contributed by atoms with van der Waals surface area (Å²) >= 11 is 0. The highest BCUT2D eigenvalue weighted by molar-refractivity contribution is 5.92. The molecule has 4 heteroatoms. The summed E-state index contributed by atoms with van der Waals surface area (Å²) in [5.74, 6) is 0.00404. The van der Waals surface area contributed by atoms with Crippen molar-refractivity contribution in [1.82, 2.24) is 0 Å². The highest BCUT2D eigenvalue weighted by atomic mass is 16.5. The van der Waals surface area contributed by atoms with Gasteiger partial charge in [0.25, 0.3) is 0 Å². The molecule has 0 aromatic heterocycles. The summed E-state index contributed by atoms with van der Waals surface area (Å²) in [7, 11) is 0. The fourth-order valence-electron chi connectivity index (χ4n) is 2.90. The van der Waals surface area contributed by atoms with E-state index in [0.29, 0.717) is 12.5 Å². The molecule has 0 bridgehead atoms. The number of carbonyl (C=O) groups excluding carboxylic acids is 1. The normalized spacial score (nSPS) is 16.8. The molecule has 24 heavy (non-hydrogen) atoms. The van der Waals surface area contributed by atoms with Crippen molar-refractivity contribution in [2.45, 2.75) is 32.3 Å². The van der Waals surface area contributed by atoms with E-state index in [2.05, 4.69) is 10.6 Å². The second kappa shape index (κ2) is 7.97. The predicted octanol–water partition coefficient (Wildman–Crippen LogP) is 3.77. The Labute approximate surface area is 143 Å². The van der Waals surface area contributed by atoms with Crippen LogP contribution in [0.1, 0.15) is 24.0 Å². The lowest BCUT2D eigenvalue weighted by Crippen LogP contribution is -2.18. The maximum absolute atomic E-state index is 12.2. The van der Waals surface area contributed by atoms with Crippen LogP contribution in [0.2, 0.25) is 0 Å². The molecule has 0 aliphatic carbocycles. The molecule has 0 radical (unpaired) electrons. The third kappa shape index (κ3) is 4.59. The number of rotatable bonds is 6. The Morgan fingerprint density at radius 2 is 1.88 bits per heavy atom. The largest absolute Gasteiger partial charge is 0.382 e. The quantitative estimate of drug-likeness (QED) is 0.850. The molecule has 126 valence electrons. The van der Waals surface area contributed by atoms with E-state index in [-0.39, 0.29) is 5.91 Å². The molecular weight excluding hydrogens is 300 g/mol. The number of nitrogens with one attached hydrogen (secondary N) is 2. The molecular formula is C20H24N2O2. The van der Waals surface area contributed by atoms with Gasteiger partial charge in [-0.3, -0.25) is 4.79 Å². The van der Waals surface area contributed by atoms with E-state index < -0.39 is 0 Å². The summed E-state index contributed by atoms with van der Waals surface area (Å²) < 4.78 is 5.60. The molecule has 1 amide bonds. The molecule has 0 spiro atoms. The fraction of sp³-hybridized carbons (Fsp3) is 0.350. The first-order valence-corrected chi connectivity index (χ1v) is 8.50. The molecule has 4 nitrogen and oxygen atoms in total. The Morgan fingerprint density at radius 1 is 1.12 bits per heavy atom. The number of amides is 1. The molecule has 2 aromatic carbocycles. The summed E-state index contributed by atoms with van der Waals surface area (Å²) in [6.45, 7) is 3.73. The Hall–Kier alpha value is -2.33. The number of benzene rings is 2. The van der Waals surface area contributed by atoms with Crippen LogP contribution in [0.15, 0.2) is 48.5 Å². The lowest BCUT2D eigenvalue weighted by Gasteiger charge is -2.12. The second-order valence-electron chi connectivity index (χ2n) is 6.24. The van der Waals surface area contributed by atoms with E-state index in [4.69, 9.17) is 4.74 Å². The van der Waals surface area contributed by atoms with Crippen LogP contribution in [-0.4, -0.2) is 25.2 Å². The third-order valence-electron chi connectivity index (χ3n) is 4.34. The zero-order valence-electron chi connectivity index (χ0n) is 14.0. The molecule has 2 N–H and O–H groups in total. The van der Waals surface area contributed by atoms with Crippen LogP contribution in [0, 0.1) is 6.92 Å². The van der Waals surface area contributed by atoms with Crippen LogP contribution in [-0.2, 0) is 16.0 Å². The van der Waals surface area contributed by atoms with Crippen molar-refractivity contribution >= 4 is 17.3 Å². The summed E-state index contributed by atoms with van der Waals surface area (Å²) in [4.78, 5) is 12.2. The monoisotopic (exact) mass is 324 g/mol. The van der Waals surface area contributed by atoms with Crippen LogP contribution < -0.4 is 10.6 Å². The number of hydrogen-bond acceptors (Lipinski definition) is 3. The predicted molar refractivity (Wildman–Crippen MR) is 97.4 cm³/mol. The van der Waals surface area contributed by atoms with Gasteiger partial charge in [-0.1, -0.05) is 24.3 Å². The zero-order valence-corrected chi connectivity index (χ0v) is 14.0. The number of hydrogen-bond donors (Lipinski definition) is 2. The lowest BCUT2D eigenvalue weighted by atomic mass is 10.1. The van der Waals surface area contributed by atoms with Crippen molar-refractivity contribution in [3.63, 3.8) is 0 Å². The first kappa shape index (κ1) is 16.5. The van der Waals surface area contributed by atoms with E-state index in [1.165, 1.54) is 0 Å². The summed E-state index contributed by atoms with van der Waals surface area (Å²) in [5, 5.41) is 6.33. The highest BCUT2D eigenvalue weighted by Gasteiger charge is 2.14. The van der Waals surface area contributed by atoms with Gasteiger partial charge in [0.2, 0.25) is 5.91 Å². The van der Waals surface area contributed by atoms with Crippen molar-refractivity contribution in [3.05, 3.63) is 59.7 Å². The van der Waals surface area contributed by atoms with Gasteiger partial charge in [-0.05, 0) is 55.2 Å².